The summed E-state index contributed by atoms with van der Waals surface area (Å²) >= 11 is 5.95. The largest absolute Gasteiger partial charge is 0.367 e. The number of carbonyl (C=O) groups excluding carboxylic acids is 1. The van der Waals surface area contributed by atoms with E-state index in [1.54, 1.807) is 29.2 Å². The lowest BCUT2D eigenvalue weighted by atomic mass is 10.1. The van der Waals surface area contributed by atoms with Gasteiger partial charge in [-0.25, -0.2) is 8.78 Å². The van der Waals surface area contributed by atoms with Gasteiger partial charge in [-0.15, -0.1) is 0 Å². The van der Waals surface area contributed by atoms with Crippen LogP contribution in [0.2, 0.25) is 5.02 Å². The van der Waals surface area contributed by atoms with Crippen LogP contribution in [0, 0.1) is 11.6 Å². The van der Waals surface area contributed by atoms with Crippen molar-refractivity contribution >= 4 is 28.9 Å². The van der Waals surface area contributed by atoms with E-state index in [1.165, 1.54) is 6.07 Å². The van der Waals surface area contributed by atoms with Crippen LogP contribution in [0.1, 0.15) is 23.3 Å². The number of rotatable bonds is 4. The molecule has 1 N–H and O–H groups in total. The fourth-order valence-corrected chi connectivity index (χ4v) is 3.43. The zero-order valence-corrected chi connectivity index (χ0v) is 15.5. The maximum atomic E-state index is 14.4. The molecule has 0 saturated carbocycles. The van der Waals surface area contributed by atoms with Gasteiger partial charge in [-0.3, -0.25) is 4.79 Å². The van der Waals surface area contributed by atoms with Gasteiger partial charge in [0.05, 0.1) is 0 Å². The summed E-state index contributed by atoms with van der Waals surface area (Å²) in [5.74, 6) is -1.70. The topological polar surface area (TPSA) is 58.4 Å². The normalized spacial score (nSPS) is 13.8. The first-order valence-corrected chi connectivity index (χ1v) is 9.17. The molecule has 4 rings (SSSR count). The van der Waals surface area contributed by atoms with Crippen molar-refractivity contribution in [1.29, 1.82) is 0 Å². The molecule has 1 amide bonds. The lowest BCUT2D eigenvalue weighted by Gasteiger charge is -2.19. The lowest BCUT2D eigenvalue weighted by molar-refractivity contribution is 0.101. The van der Waals surface area contributed by atoms with E-state index >= 15 is 0 Å². The van der Waals surface area contributed by atoms with Crippen molar-refractivity contribution in [3.05, 3.63) is 64.8 Å². The minimum absolute atomic E-state index is 0.00949. The van der Waals surface area contributed by atoms with Crippen LogP contribution in [0.4, 0.5) is 20.2 Å². The molecular formula is C20H16ClF2N3O2. The number of anilines is 2. The van der Waals surface area contributed by atoms with Crippen LogP contribution in [0.15, 0.2) is 47.0 Å². The van der Waals surface area contributed by atoms with E-state index in [2.05, 4.69) is 10.5 Å². The van der Waals surface area contributed by atoms with E-state index in [0.717, 1.165) is 25.0 Å². The van der Waals surface area contributed by atoms with Gasteiger partial charge in [0.2, 0.25) is 0 Å². The van der Waals surface area contributed by atoms with Crippen LogP contribution in [-0.2, 0) is 0 Å². The highest BCUT2D eigenvalue weighted by Gasteiger charge is 2.22. The second-order valence-electron chi connectivity index (χ2n) is 6.52. The molecule has 0 atom stereocenters. The Bertz CT molecular complexity index is 1010. The minimum atomic E-state index is -0.711. The summed E-state index contributed by atoms with van der Waals surface area (Å²) in [4.78, 5) is 14.0. The van der Waals surface area contributed by atoms with E-state index in [9.17, 15) is 13.6 Å². The number of aromatic nitrogens is 1. The molecule has 0 unspecified atom stereocenters. The van der Waals surface area contributed by atoms with E-state index < -0.39 is 17.5 Å². The first-order chi connectivity index (χ1) is 13.5. The molecule has 3 aromatic rings. The summed E-state index contributed by atoms with van der Waals surface area (Å²) in [7, 11) is 0. The van der Waals surface area contributed by atoms with Gasteiger partial charge in [0.15, 0.2) is 23.1 Å². The molecule has 0 bridgehead atoms. The van der Waals surface area contributed by atoms with Crippen LogP contribution in [0.3, 0.4) is 0 Å². The van der Waals surface area contributed by atoms with Crippen LogP contribution < -0.4 is 10.2 Å². The standard InChI is InChI=1S/C20H16ClF2N3O2/c21-13-5-3-4-12(8-13)18-11-17(25-28-18)20(27)24-14-9-15(22)19(16(23)10-14)26-6-1-2-7-26/h3-5,8-11H,1-2,6-7H2,(H,24,27). The van der Waals surface area contributed by atoms with Crippen LogP contribution in [-0.4, -0.2) is 24.2 Å². The Morgan fingerprint density at radius 2 is 1.82 bits per heavy atom. The van der Waals surface area contributed by atoms with Gasteiger partial charge in [-0.2, -0.15) is 0 Å². The van der Waals surface area contributed by atoms with Crippen LogP contribution >= 0.6 is 11.6 Å². The predicted molar refractivity (Wildman–Crippen MR) is 103 cm³/mol. The molecule has 2 heterocycles. The molecule has 2 aromatic carbocycles. The van der Waals surface area contributed by atoms with Gasteiger partial charge >= 0.3 is 0 Å². The number of benzene rings is 2. The third-order valence-corrected chi connectivity index (χ3v) is 4.78. The highest BCUT2D eigenvalue weighted by atomic mass is 35.5. The van der Waals surface area contributed by atoms with Gasteiger partial charge in [0.1, 0.15) is 5.69 Å². The predicted octanol–water partition coefficient (Wildman–Crippen LogP) is 5.13. The Hall–Kier alpha value is -2.93. The van der Waals surface area contributed by atoms with Crippen LogP contribution in [0.5, 0.6) is 0 Å². The fraction of sp³-hybridized carbons (Fsp3) is 0.200. The molecule has 144 valence electrons. The molecule has 1 fully saturated rings. The smallest absolute Gasteiger partial charge is 0.277 e. The molecule has 0 spiro atoms. The second kappa shape index (κ2) is 7.59. The second-order valence-corrected chi connectivity index (χ2v) is 6.96. The number of nitrogens with zero attached hydrogens (tertiary/aromatic N) is 2. The molecule has 1 saturated heterocycles. The SMILES string of the molecule is O=C(Nc1cc(F)c(N2CCCC2)c(F)c1)c1cc(-c2cccc(Cl)c2)on1. The maximum Gasteiger partial charge on any atom is 0.277 e. The van der Waals surface area contributed by atoms with Crippen molar-refractivity contribution in [2.45, 2.75) is 12.8 Å². The number of halogens is 3. The van der Waals surface area contributed by atoms with Crippen molar-refractivity contribution in [1.82, 2.24) is 5.16 Å². The average molecular weight is 404 g/mol. The van der Waals surface area contributed by atoms with E-state index in [1.807, 2.05) is 0 Å². The number of carbonyl (C=O) groups is 1. The van der Waals surface area contributed by atoms with Crippen molar-refractivity contribution in [3.63, 3.8) is 0 Å². The van der Waals surface area contributed by atoms with E-state index in [0.29, 0.717) is 29.4 Å². The Labute approximate surface area is 164 Å². The highest BCUT2D eigenvalue weighted by Crippen LogP contribution is 2.30. The zero-order chi connectivity index (χ0) is 19.7. The van der Waals surface area contributed by atoms with Gasteiger partial charge in [-0.1, -0.05) is 28.9 Å². The molecule has 1 aromatic heterocycles. The third kappa shape index (κ3) is 3.71. The number of hydrogen-bond donors (Lipinski definition) is 1. The van der Waals surface area contributed by atoms with E-state index in [4.69, 9.17) is 16.1 Å². The first kappa shape index (κ1) is 18.4. The molecule has 0 aliphatic carbocycles. The number of hydrogen-bond acceptors (Lipinski definition) is 4. The van der Waals surface area contributed by atoms with Crippen molar-refractivity contribution < 1.29 is 18.1 Å². The summed E-state index contributed by atoms with van der Waals surface area (Å²) in [6.07, 6.45) is 1.80. The Balaban J connectivity index is 1.52. The van der Waals surface area contributed by atoms with Gasteiger partial charge in [0.25, 0.3) is 5.91 Å². The average Bonchev–Trinajstić information content (AvgIpc) is 3.33. The summed E-state index contributed by atoms with van der Waals surface area (Å²) in [5.41, 5.74) is 0.598. The van der Waals surface area contributed by atoms with Crippen LogP contribution in [0.25, 0.3) is 11.3 Å². The molecule has 5 nitrogen and oxygen atoms in total. The monoisotopic (exact) mass is 403 g/mol. The van der Waals surface area contributed by atoms with Gasteiger partial charge in [0, 0.05) is 35.4 Å². The number of amides is 1. The summed E-state index contributed by atoms with van der Waals surface area (Å²) in [6.45, 7) is 1.23. The molecule has 28 heavy (non-hydrogen) atoms. The maximum absolute atomic E-state index is 14.4. The summed E-state index contributed by atoms with van der Waals surface area (Å²) in [6, 6.07) is 10.5. The lowest BCUT2D eigenvalue weighted by Crippen LogP contribution is -2.21. The molecule has 1 aliphatic rings. The highest BCUT2D eigenvalue weighted by molar-refractivity contribution is 6.30. The molecule has 8 heteroatoms. The zero-order valence-electron chi connectivity index (χ0n) is 14.7. The first-order valence-electron chi connectivity index (χ1n) is 8.79. The van der Waals surface area contributed by atoms with Gasteiger partial charge < -0.3 is 14.7 Å². The summed E-state index contributed by atoms with van der Waals surface area (Å²) < 4.78 is 34.0. The molecule has 1 aliphatic heterocycles. The fourth-order valence-electron chi connectivity index (χ4n) is 3.24. The van der Waals surface area contributed by atoms with Gasteiger partial charge in [-0.05, 0) is 37.1 Å². The molecule has 0 radical (unpaired) electrons. The van der Waals surface area contributed by atoms with E-state index in [-0.39, 0.29) is 17.1 Å². The number of nitrogens with one attached hydrogen (secondary N) is 1. The summed E-state index contributed by atoms with van der Waals surface area (Å²) in [5, 5.41) is 6.68. The van der Waals surface area contributed by atoms with Crippen molar-refractivity contribution in [2.75, 3.05) is 23.3 Å². The molecular weight excluding hydrogens is 388 g/mol. The quantitative estimate of drug-likeness (QED) is 0.656. The Morgan fingerprint density at radius 1 is 1.11 bits per heavy atom. The third-order valence-electron chi connectivity index (χ3n) is 4.55. The van der Waals surface area contributed by atoms with Crippen molar-refractivity contribution in [3.8, 4) is 11.3 Å². The van der Waals surface area contributed by atoms with Crippen molar-refractivity contribution in [2.24, 2.45) is 0 Å². The Kier molecular flexibility index (Phi) is 5.00. The Morgan fingerprint density at radius 3 is 2.50 bits per heavy atom. The minimum Gasteiger partial charge on any atom is -0.367 e.